The Morgan fingerprint density at radius 2 is 2.00 bits per heavy atom. The third-order valence-corrected chi connectivity index (χ3v) is 4.13. The molecule has 0 fully saturated rings. The number of carbonyl (C=O) groups excluding carboxylic acids is 1. The Balaban J connectivity index is 3.22. The summed E-state index contributed by atoms with van der Waals surface area (Å²) in [6.45, 7) is 3.87. The minimum Gasteiger partial charge on any atom is -0.339 e. The Morgan fingerprint density at radius 3 is 2.47 bits per heavy atom. The second-order valence-electron chi connectivity index (χ2n) is 4.39. The number of nitrogens with zero attached hydrogens (tertiary/aromatic N) is 1. The van der Waals surface area contributed by atoms with Crippen molar-refractivity contribution in [2.75, 3.05) is 7.05 Å². The van der Waals surface area contributed by atoms with Crippen molar-refractivity contribution in [3.63, 3.8) is 0 Å². The topological polar surface area (TPSA) is 80.5 Å². The maximum absolute atomic E-state index is 12.2. The molecule has 0 heterocycles. The van der Waals surface area contributed by atoms with Crippen LogP contribution in [0.3, 0.4) is 0 Å². The molecule has 1 aromatic rings. The van der Waals surface area contributed by atoms with Gasteiger partial charge in [0, 0.05) is 23.7 Å². The summed E-state index contributed by atoms with van der Waals surface area (Å²) in [7, 11) is -2.23. The smallest absolute Gasteiger partial charge is 0.253 e. The maximum Gasteiger partial charge on any atom is 0.253 e. The van der Waals surface area contributed by atoms with Gasteiger partial charge in [-0.15, -0.1) is 0 Å². The van der Waals surface area contributed by atoms with Crippen LogP contribution in [0, 0.1) is 0 Å². The molecular formula is C12H17ClN2O3S. The van der Waals surface area contributed by atoms with E-state index in [9.17, 15) is 13.2 Å². The van der Waals surface area contributed by atoms with Gasteiger partial charge in [-0.3, -0.25) is 4.79 Å². The van der Waals surface area contributed by atoms with E-state index >= 15 is 0 Å². The molecule has 0 spiro atoms. The van der Waals surface area contributed by atoms with Crippen LogP contribution in [0.4, 0.5) is 0 Å². The van der Waals surface area contributed by atoms with Crippen molar-refractivity contribution in [2.24, 2.45) is 5.14 Å². The van der Waals surface area contributed by atoms with Crippen LogP contribution in [0.5, 0.6) is 0 Å². The van der Waals surface area contributed by atoms with E-state index in [-0.39, 0.29) is 27.4 Å². The standard InChI is InChI=1S/C12H17ClN2O3S/c1-4-8(2)15(3)12(16)9-5-10(13)7-11(6-9)19(14,17)18/h5-8H,4H2,1-3H3,(H2,14,17,18). The van der Waals surface area contributed by atoms with Crippen LogP contribution >= 0.6 is 11.6 Å². The first kappa shape index (κ1) is 15.9. The summed E-state index contributed by atoms with van der Waals surface area (Å²) in [5.74, 6) is -0.290. The van der Waals surface area contributed by atoms with Crippen molar-refractivity contribution in [3.8, 4) is 0 Å². The molecule has 0 aliphatic carbocycles. The number of hydrogen-bond acceptors (Lipinski definition) is 3. The van der Waals surface area contributed by atoms with E-state index in [1.807, 2.05) is 13.8 Å². The summed E-state index contributed by atoms with van der Waals surface area (Å²) in [6, 6.07) is 3.93. The predicted octanol–water partition coefficient (Wildman–Crippen LogP) is 1.86. The van der Waals surface area contributed by atoms with Crippen molar-refractivity contribution >= 4 is 27.5 Å². The predicted molar refractivity (Wildman–Crippen MR) is 74.7 cm³/mol. The Morgan fingerprint density at radius 1 is 1.42 bits per heavy atom. The highest BCUT2D eigenvalue weighted by Gasteiger charge is 2.19. The number of halogens is 1. The lowest BCUT2D eigenvalue weighted by atomic mass is 10.1. The van der Waals surface area contributed by atoms with Crippen LogP contribution in [0.25, 0.3) is 0 Å². The van der Waals surface area contributed by atoms with Crippen LogP contribution in [-0.2, 0) is 10.0 Å². The first-order valence-electron chi connectivity index (χ1n) is 5.77. The van der Waals surface area contributed by atoms with Gasteiger partial charge in [0.1, 0.15) is 0 Å². The fourth-order valence-corrected chi connectivity index (χ4v) is 2.41. The molecule has 0 aliphatic heterocycles. The fourth-order valence-electron chi connectivity index (χ4n) is 1.53. The molecule has 2 N–H and O–H groups in total. The maximum atomic E-state index is 12.2. The molecule has 0 saturated carbocycles. The molecule has 5 nitrogen and oxygen atoms in total. The van der Waals surface area contributed by atoms with Gasteiger partial charge in [-0.2, -0.15) is 0 Å². The summed E-state index contributed by atoms with van der Waals surface area (Å²) < 4.78 is 22.6. The Labute approximate surface area is 118 Å². The normalized spacial score (nSPS) is 13.1. The highest BCUT2D eigenvalue weighted by Crippen LogP contribution is 2.20. The van der Waals surface area contributed by atoms with Gasteiger partial charge in [0.2, 0.25) is 10.0 Å². The lowest BCUT2D eigenvalue weighted by Crippen LogP contribution is -2.34. The van der Waals surface area contributed by atoms with E-state index in [2.05, 4.69) is 0 Å². The zero-order chi connectivity index (χ0) is 14.8. The molecule has 1 atom stereocenters. The summed E-state index contributed by atoms with van der Waals surface area (Å²) >= 11 is 5.83. The minimum absolute atomic E-state index is 0.0458. The number of carbonyl (C=O) groups is 1. The number of nitrogens with two attached hydrogens (primary N) is 1. The summed E-state index contributed by atoms with van der Waals surface area (Å²) in [4.78, 5) is 13.6. The fraction of sp³-hybridized carbons (Fsp3) is 0.417. The molecule has 1 unspecified atom stereocenters. The van der Waals surface area contributed by atoms with Crippen molar-refractivity contribution in [1.29, 1.82) is 0 Å². The van der Waals surface area contributed by atoms with Gasteiger partial charge in [-0.1, -0.05) is 18.5 Å². The second-order valence-corrected chi connectivity index (χ2v) is 6.39. The Kier molecular flexibility index (Phi) is 4.95. The average molecular weight is 305 g/mol. The number of benzene rings is 1. The van der Waals surface area contributed by atoms with Gasteiger partial charge in [0.15, 0.2) is 0 Å². The first-order chi connectivity index (χ1) is 8.66. The highest BCUT2D eigenvalue weighted by molar-refractivity contribution is 7.89. The third kappa shape index (κ3) is 3.92. The van der Waals surface area contributed by atoms with E-state index in [4.69, 9.17) is 16.7 Å². The van der Waals surface area contributed by atoms with Crippen LogP contribution < -0.4 is 5.14 Å². The first-order valence-corrected chi connectivity index (χ1v) is 7.69. The van der Waals surface area contributed by atoms with Gasteiger partial charge >= 0.3 is 0 Å². The molecule has 0 aliphatic rings. The Bertz CT molecular complexity index is 587. The van der Waals surface area contributed by atoms with E-state index in [0.29, 0.717) is 0 Å². The van der Waals surface area contributed by atoms with Gasteiger partial charge in [0.05, 0.1) is 4.90 Å². The molecule has 0 bridgehead atoms. The number of hydrogen-bond donors (Lipinski definition) is 1. The van der Waals surface area contributed by atoms with Crippen molar-refractivity contribution in [2.45, 2.75) is 31.2 Å². The van der Waals surface area contributed by atoms with Gasteiger partial charge in [-0.25, -0.2) is 13.6 Å². The van der Waals surface area contributed by atoms with E-state index in [1.165, 1.54) is 18.2 Å². The molecule has 19 heavy (non-hydrogen) atoms. The number of sulfonamides is 1. The molecule has 0 radical (unpaired) electrons. The van der Waals surface area contributed by atoms with E-state index in [1.54, 1.807) is 11.9 Å². The molecule has 1 amide bonds. The van der Waals surface area contributed by atoms with Crippen molar-refractivity contribution in [3.05, 3.63) is 28.8 Å². The van der Waals surface area contributed by atoms with Crippen LogP contribution in [0.15, 0.2) is 23.1 Å². The summed E-state index contributed by atoms with van der Waals surface area (Å²) in [5.41, 5.74) is 0.208. The molecule has 1 rings (SSSR count). The van der Waals surface area contributed by atoms with E-state index in [0.717, 1.165) is 6.42 Å². The van der Waals surface area contributed by atoms with Gasteiger partial charge in [-0.05, 0) is 31.5 Å². The molecule has 0 saturated heterocycles. The van der Waals surface area contributed by atoms with Crippen LogP contribution in [-0.4, -0.2) is 32.3 Å². The molecular weight excluding hydrogens is 288 g/mol. The van der Waals surface area contributed by atoms with Crippen molar-refractivity contribution < 1.29 is 13.2 Å². The lowest BCUT2D eigenvalue weighted by Gasteiger charge is -2.24. The second kappa shape index (κ2) is 5.90. The van der Waals surface area contributed by atoms with Gasteiger partial charge < -0.3 is 4.90 Å². The van der Waals surface area contributed by atoms with Crippen LogP contribution in [0.2, 0.25) is 5.02 Å². The third-order valence-electron chi connectivity index (χ3n) is 3.02. The minimum atomic E-state index is -3.89. The number of amides is 1. The average Bonchev–Trinajstić information content (AvgIpc) is 2.34. The van der Waals surface area contributed by atoms with Crippen molar-refractivity contribution in [1.82, 2.24) is 4.90 Å². The molecule has 7 heteroatoms. The zero-order valence-corrected chi connectivity index (χ0v) is 12.6. The summed E-state index contributed by atoms with van der Waals surface area (Å²) in [5, 5.41) is 5.21. The largest absolute Gasteiger partial charge is 0.339 e. The Hall–Kier alpha value is -1.11. The molecule has 106 valence electrons. The quantitative estimate of drug-likeness (QED) is 0.922. The number of rotatable bonds is 4. The monoisotopic (exact) mass is 304 g/mol. The zero-order valence-electron chi connectivity index (χ0n) is 11.1. The molecule has 0 aromatic heterocycles. The van der Waals surface area contributed by atoms with E-state index < -0.39 is 10.0 Å². The highest BCUT2D eigenvalue weighted by atomic mass is 35.5. The molecule has 1 aromatic carbocycles. The van der Waals surface area contributed by atoms with Crippen LogP contribution in [0.1, 0.15) is 30.6 Å². The number of primary sulfonamides is 1. The SMILES string of the molecule is CCC(C)N(C)C(=O)c1cc(Cl)cc(S(N)(=O)=O)c1. The summed E-state index contributed by atoms with van der Waals surface area (Å²) in [6.07, 6.45) is 0.796. The lowest BCUT2D eigenvalue weighted by molar-refractivity contribution is 0.0740. The van der Waals surface area contributed by atoms with Gasteiger partial charge in [0.25, 0.3) is 5.91 Å².